The van der Waals surface area contributed by atoms with Crippen molar-refractivity contribution in [2.75, 3.05) is 7.05 Å². The van der Waals surface area contributed by atoms with Gasteiger partial charge < -0.3 is 10.1 Å². The molecule has 1 rings (SSSR count). The predicted octanol–water partition coefficient (Wildman–Crippen LogP) is 1.57. The Morgan fingerprint density at radius 3 is 2.33 bits per heavy atom. The molecule has 0 radical (unpaired) electrons. The van der Waals surface area contributed by atoms with Crippen LogP contribution in [-0.4, -0.2) is 31.1 Å². The van der Waals surface area contributed by atoms with E-state index < -0.39 is 24.0 Å². The summed E-state index contributed by atoms with van der Waals surface area (Å²) in [5.41, 5.74) is 1.02. The molecule has 0 aliphatic rings. The fourth-order valence-electron chi connectivity index (χ4n) is 1.72. The van der Waals surface area contributed by atoms with Crippen molar-refractivity contribution in [3.8, 4) is 0 Å². The highest BCUT2D eigenvalue weighted by molar-refractivity contribution is 5.97. The highest BCUT2D eigenvalue weighted by Gasteiger charge is 2.21. The summed E-state index contributed by atoms with van der Waals surface area (Å²) < 4.78 is 5.02. The van der Waals surface area contributed by atoms with E-state index in [2.05, 4.69) is 10.6 Å². The summed E-state index contributed by atoms with van der Waals surface area (Å²) in [5, 5.41) is 4.30. The van der Waals surface area contributed by atoms with Gasteiger partial charge in [-0.3, -0.25) is 14.9 Å². The van der Waals surface area contributed by atoms with Gasteiger partial charge in [0.05, 0.1) is 6.42 Å². The van der Waals surface area contributed by atoms with Gasteiger partial charge in [0.15, 0.2) is 6.10 Å². The summed E-state index contributed by atoms with van der Waals surface area (Å²) >= 11 is 0. The molecule has 0 aromatic heterocycles. The first-order valence-corrected chi connectivity index (χ1v) is 6.71. The molecule has 1 aromatic carbocycles. The third-order valence-corrected chi connectivity index (χ3v) is 2.98. The van der Waals surface area contributed by atoms with Crippen molar-refractivity contribution in [2.45, 2.75) is 32.3 Å². The highest BCUT2D eigenvalue weighted by Crippen LogP contribution is 2.19. The maximum absolute atomic E-state index is 11.8. The van der Waals surface area contributed by atoms with Crippen LogP contribution < -0.4 is 10.6 Å². The summed E-state index contributed by atoms with van der Waals surface area (Å²) in [6.45, 7) is 3.33. The zero-order chi connectivity index (χ0) is 15.8. The number of carbonyl (C=O) groups excluding carboxylic acids is 3. The molecule has 6 heteroatoms. The Kier molecular flexibility index (Phi) is 6.39. The number of rotatable bonds is 5. The first kappa shape index (κ1) is 16.7. The molecule has 0 aliphatic carbocycles. The maximum atomic E-state index is 11.8. The van der Waals surface area contributed by atoms with Crippen molar-refractivity contribution in [2.24, 2.45) is 0 Å². The van der Waals surface area contributed by atoms with Gasteiger partial charge in [-0.1, -0.05) is 37.3 Å². The number of urea groups is 1. The van der Waals surface area contributed by atoms with Crippen LogP contribution in [0.25, 0.3) is 0 Å². The summed E-state index contributed by atoms with van der Waals surface area (Å²) in [5.74, 6) is -1.14. The van der Waals surface area contributed by atoms with Crippen LogP contribution in [0.2, 0.25) is 0 Å². The molecule has 0 spiro atoms. The largest absolute Gasteiger partial charge is 0.453 e. The Hall–Kier alpha value is -2.37. The average molecular weight is 292 g/mol. The lowest BCUT2D eigenvalue weighted by Crippen LogP contribution is -2.43. The molecular formula is C15H20N2O4. The number of hydrogen-bond donors (Lipinski definition) is 2. The minimum absolute atomic E-state index is 0.00657. The molecule has 0 bridgehead atoms. The van der Waals surface area contributed by atoms with E-state index in [0.29, 0.717) is 0 Å². The highest BCUT2D eigenvalue weighted by atomic mass is 16.5. The Morgan fingerprint density at radius 1 is 1.14 bits per heavy atom. The number of carbonyl (C=O) groups is 3. The van der Waals surface area contributed by atoms with E-state index in [0.717, 1.165) is 5.56 Å². The lowest BCUT2D eigenvalue weighted by atomic mass is 9.98. The quantitative estimate of drug-likeness (QED) is 0.807. The van der Waals surface area contributed by atoms with Gasteiger partial charge in [0.2, 0.25) is 0 Å². The van der Waals surface area contributed by atoms with Gasteiger partial charge in [0, 0.05) is 7.05 Å². The van der Waals surface area contributed by atoms with Crippen LogP contribution in [0.1, 0.15) is 31.7 Å². The molecule has 0 aliphatic heterocycles. The summed E-state index contributed by atoms with van der Waals surface area (Å²) in [4.78, 5) is 34.3. The zero-order valence-electron chi connectivity index (χ0n) is 12.4. The molecule has 6 nitrogen and oxygen atoms in total. The monoisotopic (exact) mass is 292 g/mol. The van der Waals surface area contributed by atoms with E-state index in [9.17, 15) is 14.4 Å². The fourth-order valence-corrected chi connectivity index (χ4v) is 1.72. The van der Waals surface area contributed by atoms with Gasteiger partial charge >= 0.3 is 12.0 Å². The lowest BCUT2D eigenvalue weighted by molar-refractivity contribution is -0.154. The van der Waals surface area contributed by atoms with E-state index in [1.165, 1.54) is 14.0 Å². The Balaban J connectivity index is 2.46. The summed E-state index contributed by atoms with van der Waals surface area (Å²) in [7, 11) is 1.39. The smallest absolute Gasteiger partial charge is 0.321 e. The van der Waals surface area contributed by atoms with Crippen LogP contribution >= 0.6 is 0 Å². The Morgan fingerprint density at radius 2 is 1.76 bits per heavy atom. The summed E-state index contributed by atoms with van der Waals surface area (Å²) in [6, 6.07) is 8.92. The minimum Gasteiger partial charge on any atom is -0.453 e. The van der Waals surface area contributed by atoms with Crippen LogP contribution in [0.4, 0.5) is 4.79 Å². The number of hydrogen-bond acceptors (Lipinski definition) is 4. The normalized spacial score (nSPS) is 12.9. The second-order valence-corrected chi connectivity index (χ2v) is 4.72. The summed E-state index contributed by atoms with van der Waals surface area (Å²) in [6.07, 6.45) is -0.848. The molecule has 0 saturated heterocycles. The molecule has 0 saturated carbocycles. The molecule has 2 atom stereocenters. The van der Waals surface area contributed by atoms with Gasteiger partial charge in [-0.05, 0) is 18.4 Å². The Bertz CT molecular complexity index is 502. The van der Waals surface area contributed by atoms with Gasteiger partial charge in [-0.15, -0.1) is 0 Å². The van der Waals surface area contributed by atoms with Crippen molar-refractivity contribution in [1.29, 1.82) is 0 Å². The van der Waals surface area contributed by atoms with E-state index >= 15 is 0 Å². The topological polar surface area (TPSA) is 84.5 Å². The zero-order valence-corrected chi connectivity index (χ0v) is 12.4. The van der Waals surface area contributed by atoms with Crippen LogP contribution in [0.5, 0.6) is 0 Å². The molecule has 0 unspecified atom stereocenters. The van der Waals surface area contributed by atoms with Crippen molar-refractivity contribution >= 4 is 17.9 Å². The molecule has 0 heterocycles. The number of amides is 3. The third-order valence-electron chi connectivity index (χ3n) is 2.98. The molecule has 2 N–H and O–H groups in total. The van der Waals surface area contributed by atoms with E-state index in [1.54, 1.807) is 0 Å². The average Bonchev–Trinajstić information content (AvgIpc) is 2.47. The number of ether oxygens (including phenoxy) is 1. The fraction of sp³-hybridized carbons (Fsp3) is 0.400. The number of benzene rings is 1. The van der Waals surface area contributed by atoms with Crippen LogP contribution in [-0.2, 0) is 14.3 Å². The molecule has 21 heavy (non-hydrogen) atoms. The van der Waals surface area contributed by atoms with Crippen LogP contribution in [0.15, 0.2) is 30.3 Å². The standard InChI is InChI=1S/C15H20N2O4/c1-10(12-7-5-4-6-8-12)9-13(18)21-11(2)14(19)17-15(20)16-3/h4-8,10-11H,9H2,1-3H3,(H2,16,17,19,20)/t10-,11+/m1/s1. The predicted molar refractivity (Wildman–Crippen MR) is 77.6 cm³/mol. The van der Waals surface area contributed by atoms with Gasteiger partial charge in [0.1, 0.15) is 0 Å². The molecule has 3 amide bonds. The van der Waals surface area contributed by atoms with Crippen molar-refractivity contribution in [3.63, 3.8) is 0 Å². The van der Waals surface area contributed by atoms with Crippen molar-refractivity contribution < 1.29 is 19.1 Å². The van der Waals surface area contributed by atoms with Gasteiger partial charge in [-0.25, -0.2) is 4.79 Å². The minimum atomic E-state index is -1.02. The van der Waals surface area contributed by atoms with E-state index in [4.69, 9.17) is 4.74 Å². The van der Waals surface area contributed by atoms with E-state index in [-0.39, 0.29) is 12.3 Å². The SMILES string of the molecule is CNC(=O)NC(=O)[C@H](C)OC(=O)C[C@@H](C)c1ccccc1. The van der Waals surface area contributed by atoms with Crippen LogP contribution in [0.3, 0.4) is 0 Å². The Labute approximate surface area is 123 Å². The van der Waals surface area contributed by atoms with Gasteiger partial charge in [0.25, 0.3) is 5.91 Å². The second kappa shape index (κ2) is 8.04. The van der Waals surface area contributed by atoms with Gasteiger partial charge in [-0.2, -0.15) is 0 Å². The first-order chi connectivity index (χ1) is 9.93. The molecule has 114 valence electrons. The first-order valence-electron chi connectivity index (χ1n) is 6.71. The number of nitrogens with one attached hydrogen (secondary N) is 2. The molecule has 1 aromatic rings. The third kappa shape index (κ3) is 5.64. The van der Waals surface area contributed by atoms with Crippen LogP contribution in [0, 0.1) is 0 Å². The second-order valence-electron chi connectivity index (χ2n) is 4.72. The number of imide groups is 1. The van der Waals surface area contributed by atoms with Crippen molar-refractivity contribution in [3.05, 3.63) is 35.9 Å². The number of esters is 1. The molecule has 0 fully saturated rings. The molecular weight excluding hydrogens is 272 g/mol. The van der Waals surface area contributed by atoms with E-state index in [1.807, 2.05) is 37.3 Å². The maximum Gasteiger partial charge on any atom is 0.321 e. The van der Waals surface area contributed by atoms with Crippen molar-refractivity contribution in [1.82, 2.24) is 10.6 Å². The lowest BCUT2D eigenvalue weighted by Gasteiger charge is -2.15.